The van der Waals surface area contributed by atoms with Gasteiger partial charge in [-0.1, -0.05) is 24.3 Å². The second kappa shape index (κ2) is 6.48. The molecule has 0 unspecified atom stereocenters. The van der Waals surface area contributed by atoms with Gasteiger partial charge in [0.25, 0.3) is 0 Å². The molecule has 4 heteroatoms. The quantitative estimate of drug-likeness (QED) is 0.878. The summed E-state index contributed by atoms with van der Waals surface area (Å²) in [5.41, 5.74) is 0.967. The number of carboxylic acids is 1. The van der Waals surface area contributed by atoms with Crippen LogP contribution in [-0.4, -0.2) is 30.8 Å². The van der Waals surface area contributed by atoms with Gasteiger partial charge in [0.1, 0.15) is 11.3 Å². The molecule has 2 aromatic rings. The van der Waals surface area contributed by atoms with Gasteiger partial charge in [0, 0.05) is 18.5 Å². The highest BCUT2D eigenvalue weighted by Crippen LogP contribution is 2.37. The van der Waals surface area contributed by atoms with Crippen molar-refractivity contribution in [3.63, 3.8) is 0 Å². The number of benzene rings is 2. The normalized spacial score (nSPS) is 10.6. The van der Waals surface area contributed by atoms with Crippen LogP contribution in [0.5, 0.6) is 5.75 Å². The molecule has 0 fully saturated rings. The highest BCUT2D eigenvalue weighted by Gasteiger charge is 2.22. The summed E-state index contributed by atoms with van der Waals surface area (Å²) in [7, 11) is 0. The Kier molecular flexibility index (Phi) is 4.68. The lowest BCUT2D eigenvalue weighted by Crippen LogP contribution is -2.24. The molecular formula is C17H21NO3. The minimum absolute atomic E-state index is 0.249. The number of rotatable bonds is 6. The highest BCUT2D eigenvalue weighted by molar-refractivity contribution is 6.06. The molecule has 0 aliphatic carbocycles. The van der Waals surface area contributed by atoms with Crippen LogP contribution < -0.4 is 9.64 Å². The molecule has 2 aromatic carbocycles. The number of nitrogens with zero attached hydrogens (tertiary/aromatic N) is 1. The maximum Gasteiger partial charge on any atom is 0.341 e. The molecule has 4 nitrogen and oxygen atoms in total. The average molecular weight is 287 g/mol. The van der Waals surface area contributed by atoms with Crippen LogP contribution in [0.3, 0.4) is 0 Å². The van der Waals surface area contributed by atoms with Crippen LogP contribution in [0, 0.1) is 0 Å². The second-order valence-electron chi connectivity index (χ2n) is 4.73. The predicted molar refractivity (Wildman–Crippen MR) is 85.6 cm³/mol. The third-order valence-corrected chi connectivity index (χ3v) is 3.59. The van der Waals surface area contributed by atoms with E-state index in [1.54, 1.807) is 0 Å². The Hall–Kier alpha value is -2.23. The zero-order valence-corrected chi connectivity index (χ0v) is 12.7. The monoisotopic (exact) mass is 287 g/mol. The topological polar surface area (TPSA) is 49.8 Å². The van der Waals surface area contributed by atoms with Crippen LogP contribution in [0.2, 0.25) is 0 Å². The first-order valence-electron chi connectivity index (χ1n) is 7.30. The van der Waals surface area contributed by atoms with Crippen LogP contribution >= 0.6 is 0 Å². The van der Waals surface area contributed by atoms with Crippen molar-refractivity contribution in [2.24, 2.45) is 0 Å². The average Bonchev–Trinajstić information content (AvgIpc) is 2.48. The Labute approximate surface area is 124 Å². The van der Waals surface area contributed by atoms with Gasteiger partial charge in [-0.25, -0.2) is 4.79 Å². The van der Waals surface area contributed by atoms with Gasteiger partial charge in [-0.05, 0) is 32.2 Å². The lowest BCUT2D eigenvalue weighted by atomic mass is 10.0. The van der Waals surface area contributed by atoms with E-state index in [0.717, 1.165) is 29.5 Å². The first-order chi connectivity index (χ1) is 10.1. The maximum absolute atomic E-state index is 11.8. The number of ether oxygens (including phenoxy) is 1. The third kappa shape index (κ3) is 2.79. The summed E-state index contributed by atoms with van der Waals surface area (Å²) in [6.07, 6.45) is 0. The van der Waals surface area contributed by atoms with Crippen LogP contribution in [0.1, 0.15) is 31.1 Å². The molecule has 2 rings (SSSR count). The van der Waals surface area contributed by atoms with Gasteiger partial charge in [0.05, 0.1) is 12.3 Å². The fraction of sp³-hybridized carbons (Fsp3) is 0.353. The van der Waals surface area contributed by atoms with E-state index in [1.807, 2.05) is 56.0 Å². The summed E-state index contributed by atoms with van der Waals surface area (Å²) in [6, 6.07) is 9.67. The smallest absolute Gasteiger partial charge is 0.341 e. The molecular weight excluding hydrogens is 266 g/mol. The summed E-state index contributed by atoms with van der Waals surface area (Å²) in [5, 5.41) is 11.5. The molecule has 0 saturated heterocycles. The van der Waals surface area contributed by atoms with Gasteiger partial charge in [0.2, 0.25) is 0 Å². The number of fused-ring (bicyclic) bond motifs is 1. The van der Waals surface area contributed by atoms with Crippen LogP contribution in [0.25, 0.3) is 10.8 Å². The van der Waals surface area contributed by atoms with Crippen molar-refractivity contribution in [3.8, 4) is 5.75 Å². The molecule has 0 atom stereocenters. The van der Waals surface area contributed by atoms with E-state index in [2.05, 4.69) is 0 Å². The molecule has 0 spiro atoms. The van der Waals surface area contributed by atoms with Crippen LogP contribution in [0.4, 0.5) is 5.69 Å². The summed E-state index contributed by atoms with van der Waals surface area (Å²) in [4.78, 5) is 13.8. The first-order valence-corrected chi connectivity index (χ1v) is 7.30. The fourth-order valence-electron chi connectivity index (χ4n) is 2.61. The van der Waals surface area contributed by atoms with Crippen molar-refractivity contribution in [2.75, 3.05) is 24.6 Å². The highest BCUT2D eigenvalue weighted by atomic mass is 16.5. The largest absolute Gasteiger partial charge is 0.492 e. The maximum atomic E-state index is 11.8. The molecule has 0 heterocycles. The van der Waals surface area contributed by atoms with Crippen molar-refractivity contribution in [1.29, 1.82) is 0 Å². The summed E-state index contributed by atoms with van der Waals surface area (Å²) >= 11 is 0. The molecule has 0 aliphatic heterocycles. The number of anilines is 1. The van der Waals surface area contributed by atoms with Gasteiger partial charge in [-0.2, -0.15) is 0 Å². The predicted octanol–water partition coefficient (Wildman–Crippen LogP) is 3.78. The SMILES string of the molecule is CCOc1c(C(=O)O)c(N(CC)CC)cc2ccccc12. The molecule has 0 aliphatic rings. The molecule has 0 bridgehead atoms. The Morgan fingerprint density at radius 1 is 1.19 bits per heavy atom. The van der Waals surface area contributed by atoms with E-state index in [-0.39, 0.29) is 5.56 Å². The van der Waals surface area contributed by atoms with Gasteiger partial charge in [-0.15, -0.1) is 0 Å². The number of carboxylic acid groups (broad SMARTS) is 1. The third-order valence-electron chi connectivity index (χ3n) is 3.59. The molecule has 21 heavy (non-hydrogen) atoms. The summed E-state index contributed by atoms with van der Waals surface area (Å²) in [6.45, 7) is 7.84. The number of aromatic carboxylic acids is 1. The van der Waals surface area contributed by atoms with Crippen LogP contribution in [0.15, 0.2) is 30.3 Å². The second-order valence-corrected chi connectivity index (χ2v) is 4.73. The van der Waals surface area contributed by atoms with Gasteiger partial charge < -0.3 is 14.7 Å². The number of carbonyl (C=O) groups is 1. The Bertz CT molecular complexity index is 648. The Morgan fingerprint density at radius 2 is 1.86 bits per heavy atom. The lowest BCUT2D eigenvalue weighted by molar-refractivity contribution is 0.0693. The molecule has 0 aromatic heterocycles. The summed E-state index contributed by atoms with van der Waals surface area (Å²) in [5.74, 6) is -0.490. The molecule has 112 valence electrons. The number of hydrogen-bond donors (Lipinski definition) is 1. The molecule has 0 radical (unpaired) electrons. The molecule has 0 amide bonds. The van der Waals surface area contributed by atoms with E-state index in [9.17, 15) is 9.90 Å². The first kappa shape index (κ1) is 15.2. The van der Waals surface area contributed by atoms with Crippen molar-refractivity contribution in [2.45, 2.75) is 20.8 Å². The fourth-order valence-corrected chi connectivity index (χ4v) is 2.61. The van der Waals surface area contributed by atoms with Crippen LogP contribution in [-0.2, 0) is 0 Å². The van der Waals surface area contributed by atoms with E-state index < -0.39 is 5.97 Å². The van der Waals surface area contributed by atoms with Crippen molar-refractivity contribution in [3.05, 3.63) is 35.9 Å². The Balaban J connectivity index is 2.83. The standard InChI is InChI=1S/C17H21NO3/c1-4-18(5-2)14-11-12-9-7-8-10-13(12)16(21-6-3)15(14)17(19)20/h7-11H,4-6H2,1-3H3,(H,19,20). The van der Waals surface area contributed by atoms with E-state index in [0.29, 0.717) is 12.4 Å². The summed E-state index contributed by atoms with van der Waals surface area (Å²) < 4.78 is 5.68. The van der Waals surface area contributed by atoms with Gasteiger partial charge >= 0.3 is 5.97 Å². The number of hydrogen-bond acceptors (Lipinski definition) is 3. The van der Waals surface area contributed by atoms with Gasteiger partial charge in [0.15, 0.2) is 0 Å². The van der Waals surface area contributed by atoms with E-state index >= 15 is 0 Å². The van der Waals surface area contributed by atoms with Gasteiger partial charge in [-0.3, -0.25) is 0 Å². The van der Waals surface area contributed by atoms with E-state index in [1.165, 1.54) is 0 Å². The van der Waals surface area contributed by atoms with Crippen molar-refractivity contribution in [1.82, 2.24) is 0 Å². The minimum atomic E-state index is -0.953. The van der Waals surface area contributed by atoms with Crippen molar-refractivity contribution < 1.29 is 14.6 Å². The zero-order valence-electron chi connectivity index (χ0n) is 12.7. The van der Waals surface area contributed by atoms with Crippen molar-refractivity contribution >= 4 is 22.4 Å². The molecule has 1 N–H and O–H groups in total. The Morgan fingerprint density at radius 3 is 2.43 bits per heavy atom. The zero-order chi connectivity index (χ0) is 15.4. The lowest BCUT2D eigenvalue weighted by Gasteiger charge is -2.25. The minimum Gasteiger partial charge on any atom is -0.492 e. The molecule has 0 saturated carbocycles. The van der Waals surface area contributed by atoms with E-state index in [4.69, 9.17) is 4.74 Å².